The number of nitrogens with one attached hydrogen (secondary N) is 1. The number of likely N-dealkylation sites (N-methyl/N-ethyl adjacent to an activating group) is 1. The van der Waals surface area contributed by atoms with Gasteiger partial charge in [0.25, 0.3) is 0 Å². The Kier molecular flexibility index (Phi) is 7.09. The minimum atomic E-state index is 0.504. The van der Waals surface area contributed by atoms with Crippen LogP contribution in [0, 0.1) is 11.8 Å². The van der Waals surface area contributed by atoms with Gasteiger partial charge in [0.05, 0.1) is 12.7 Å². The van der Waals surface area contributed by atoms with Crippen LogP contribution >= 0.6 is 0 Å². The zero-order valence-corrected chi connectivity index (χ0v) is 12.0. The summed E-state index contributed by atoms with van der Waals surface area (Å²) in [5.74, 6) is 1.68. The van der Waals surface area contributed by atoms with Gasteiger partial charge in [-0.1, -0.05) is 13.8 Å². The Labute approximate surface area is 107 Å². The quantitative estimate of drug-likeness (QED) is 0.691. The molecule has 0 aromatic rings. The molecule has 0 saturated heterocycles. The first-order valence-corrected chi connectivity index (χ1v) is 7.05. The lowest BCUT2D eigenvalue weighted by atomic mass is 9.82. The molecule has 0 aliphatic heterocycles. The van der Waals surface area contributed by atoms with Gasteiger partial charge in [0.15, 0.2) is 0 Å². The van der Waals surface area contributed by atoms with Crippen LogP contribution in [0.4, 0.5) is 0 Å². The summed E-state index contributed by atoms with van der Waals surface area (Å²) in [5, 5.41) is 3.41. The normalized spacial score (nSPS) is 29.8. The molecule has 2 unspecified atom stereocenters. The van der Waals surface area contributed by atoms with Gasteiger partial charge in [0.1, 0.15) is 0 Å². The van der Waals surface area contributed by atoms with Crippen LogP contribution < -0.4 is 5.32 Å². The Morgan fingerprint density at radius 2 is 1.71 bits per heavy atom. The number of rotatable bonds is 7. The van der Waals surface area contributed by atoms with E-state index in [1.54, 1.807) is 0 Å². The van der Waals surface area contributed by atoms with E-state index in [1.807, 2.05) is 0 Å². The van der Waals surface area contributed by atoms with Crippen molar-refractivity contribution >= 4 is 0 Å². The number of hydrogen-bond donors (Lipinski definition) is 1. The van der Waals surface area contributed by atoms with Crippen LogP contribution in [0.1, 0.15) is 33.1 Å². The van der Waals surface area contributed by atoms with E-state index >= 15 is 0 Å². The molecule has 1 N–H and O–H groups in total. The molecule has 102 valence electrons. The smallest absolute Gasteiger partial charge is 0.0594 e. The second-order valence-corrected chi connectivity index (χ2v) is 5.96. The number of ether oxygens (including phenoxy) is 1. The molecule has 1 aliphatic carbocycles. The second kappa shape index (κ2) is 8.06. The minimum absolute atomic E-state index is 0.504. The fraction of sp³-hybridized carbons (Fsp3) is 1.00. The highest BCUT2D eigenvalue weighted by atomic mass is 16.5. The van der Waals surface area contributed by atoms with Crippen molar-refractivity contribution in [1.29, 1.82) is 0 Å². The Morgan fingerprint density at radius 1 is 1.06 bits per heavy atom. The molecule has 1 fully saturated rings. The van der Waals surface area contributed by atoms with Crippen molar-refractivity contribution in [3.63, 3.8) is 0 Å². The summed E-state index contributed by atoms with van der Waals surface area (Å²) < 4.78 is 5.95. The monoisotopic (exact) mass is 242 g/mol. The lowest BCUT2D eigenvalue weighted by molar-refractivity contribution is 0.00269. The summed E-state index contributed by atoms with van der Waals surface area (Å²) in [6, 6.07) is 0. The molecule has 3 heteroatoms. The molecule has 0 radical (unpaired) electrons. The first kappa shape index (κ1) is 14.9. The molecule has 0 aromatic carbocycles. The van der Waals surface area contributed by atoms with E-state index in [-0.39, 0.29) is 0 Å². The van der Waals surface area contributed by atoms with Crippen LogP contribution in [-0.4, -0.2) is 51.3 Å². The first-order chi connectivity index (χ1) is 8.08. The highest BCUT2D eigenvalue weighted by molar-refractivity contribution is 4.75. The molecule has 0 heterocycles. The standard InChI is InChI=1S/C14H30N2O/c1-12-9-13(2)11-14(10-12)17-8-6-15-5-7-16(3)4/h12-15H,5-11H2,1-4H3. The van der Waals surface area contributed by atoms with Gasteiger partial charge in [0.2, 0.25) is 0 Å². The average molecular weight is 242 g/mol. The van der Waals surface area contributed by atoms with Crippen molar-refractivity contribution in [2.75, 3.05) is 40.3 Å². The molecule has 2 atom stereocenters. The third-order valence-electron chi connectivity index (χ3n) is 3.50. The molecule has 0 amide bonds. The van der Waals surface area contributed by atoms with Gasteiger partial charge >= 0.3 is 0 Å². The summed E-state index contributed by atoms with van der Waals surface area (Å²) in [6.07, 6.45) is 4.38. The first-order valence-electron chi connectivity index (χ1n) is 7.05. The summed E-state index contributed by atoms with van der Waals surface area (Å²) >= 11 is 0. The summed E-state index contributed by atoms with van der Waals surface area (Å²) in [6.45, 7) is 8.68. The lowest BCUT2D eigenvalue weighted by Crippen LogP contribution is -2.32. The van der Waals surface area contributed by atoms with Crippen LogP contribution in [0.25, 0.3) is 0 Å². The predicted molar refractivity (Wildman–Crippen MR) is 73.3 cm³/mol. The Bertz CT molecular complexity index is 187. The maximum atomic E-state index is 5.95. The lowest BCUT2D eigenvalue weighted by Gasteiger charge is -2.31. The third kappa shape index (κ3) is 7.02. The third-order valence-corrected chi connectivity index (χ3v) is 3.50. The van der Waals surface area contributed by atoms with Crippen molar-refractivity contribution in [2.24, 2.45) is 11.8 Å². The maximum absolute atomic E-state index is 5.95. The molecule has 1 rings (SSSR count). The maximum Gasteiger partial charge on any atom is 0.0594 e. The van der Waals surface area contributed by atoms with Gasteiger partial charge in [-0.2, -0.15) is 0 Å². The van der Waals surface area contributed by atoms with Gasteiger partial charge in [0, 0.05) is 19.6 Å². The van der Waals surface area contributed by atoms with Crippen LogP contribution in [-0.2, 0) is 4.74 Å². The van der Waals surface area contributed by atoms with E-state index in [2.05, 4.69) is 38.2 Å². The molecule has 0 aromatic heterocycles. The van der Waals surface area contributed by atoms with Gasteiger partial charge in [-0.25, -0.2) is 0 Å². The molecule has 0 bridgehead atoms. The highest BCUT2D eigenvalue weighted by Gasteiger charge is 2.23. The number of hydrogen-bond acceptors (Lipinski definition) is 3. The largest absolute Gasteiger partial charge is 0.377 e. The Balaban J connectivity index is 1.98. The van der Waals surface area contributed by atoms with Crippen LogP contribution in [0.2, 0.25) is 0 Å². The van der Waals surface area contributed by atoms with E-state index in [0.717, 1.165) is 38.1 Å². The molecular formula is C14H30N2O. The molecular weight excluding hydrogens is 212 g/mol. The van der Waals surface area contributed by atoms with Crippen LogP contribution in [0.15, 0.2) is 0 Å². The Hall–Kier alpha value is -0.120. The number of nitrogens with zero attached hydrogens (tertiary/aromatic N) is 1. The average Bonchev–Trinajstić information content (AvgIpc) is 2.21. The molecule has 1 saturated carbocycles. The Morgan fingerprint density at radius 3 is 2.29 bits per heavy atom. The van der Waals surface area contributed by atoms with Gasteiger partial charge in [-0.15, -0.1) is 0 Å². The van der Waals surface area contributed by atoms with Gasteiger partial charge < -0.3 is 15.0 Å². The predicted octanol–water partition coefficient (Wildman–Crippen LogP) is 1.98. The van der Waals surface area contributed by atoms with E-state index in [9.17, 15) is 0 Å². The molecule has 1 aliphatic rings. The van der Waals surface area contributed by atoms with Crippen molar-refractivity contribution in [3.05, 3.63) is 0 Å². The zero-order chi connectivity index (χ0) is 12.7. The van der Waals surface area contributed by atoms with Crippen molar-refractivity contribution in [3.8, 4) is 0 Å². The van der Waals surface area contributed by atoms with Crippen LogP contribution in [0.3, 0.4) is 0 Å². The van der Waals surface area contributed by atoms with E-state index in [1.165, 1.54) is 19.3 Å². The van der Waals surface area contributed by atoms with E-state index < -0.39 is 0 Å². The van der Waals surface area contributed by atoms with Crippen LogP contribution in [0.5, 0.6) is 0 Å². The second-order valence-electron chi connectivity index (χ2n) is 5.96. The molecule has 0 spiro atoms. The minimum Gasteiger partial charge on any atom is -0.377 e. The van der Waals surface area contributed by atoms with Crippen molar-refractivity contribution in [2.45, 2.75) is 39.2 Å². The van der Waals surface area contributed by atoms with Gasteiger partial charge in [-0.05, 0) is 45.2 Å². The highest BCUT2D eigenvalue weighted by Crippen LogP contribution is 2.30. The van der Waals surface area contributed by atoms with Crippen molar-refractivity contribution in [1.82, 2.24) is 10.2 Å². The van der Waals surface area contributed by atoms with E-state index in [0.29, 0.717) is 6.10 Å². The summed E-state index contributed by atoms with van der Waals surface area (Å²) in [4.78, 5) is 2.19. The summed E-state index contributed by atoms with van der Waals surface area (Å²) in [5.41, 5.74) is 0. The molecule has 3 nitrogen and oxygen atoms in total. The zero-order valence-electron chi connectivity index (χ0n) is 12.0. The molecule has 17 heavy (non-hydrogen) atoms. The topological polar surface area (TPSA) is 24.5 Å². The van der Waals surface area contributed by atoms with Crippen molar-refractivity contribution < 1.29 is 4.74 Å². The SMILES string of the molecule is CC1CC(C)CC(OCCNCCN(C)C)C1. The van der Waals surface area contributed by atoms with E-state index in [4.69, 9.17) is 4.74 Å². The summed E-state index contributed by atoms with van der Waals surface area (Å²) in [7, 11) is 4.20. The fourth-order valence-corrected chi connectivity index (χ4v) is 2.73. The fourth-order valence-electron chi connectivity index (χ4n) is 2.73. The van der Waals surface area contributed by atoms with Gasteiger partial charge in [-0.3, -0.25) is 0 Å².